The number of nitrogens with zero attached hydrogens (tertiary/aromatic N) is 1. The van der Waals surface area contributed by atoms with Crippen LogP contribution in [-0.4, -0.2) is 25.4 Å². The molecule has 0 amide bonds. The van der Waals surface area contributed by atoms with Crippen molar-refractivity contribution in [2.24, 2.45) is 0 Å². The molecule has 0 aliphatic rings. The number of rotatable bonds is 7. The summed E-state index contributed by atoms with van der Waals surface area (Å²) in [6.07, 6.45) is 0. The Balaban J connectivity index is 2.46. The van der Waals surface area contributed by atoms with Gasteiger partial charge in [-0.1, -0.05) is 29.8 Å². The Labute approximate surface area is 157 Å². The van der Waals surface area contributed by atoms with Gasteiger partial charge in [0.25, 0.3) is 0 Å². The fraction of sp³-hybridized carbons (Fsp3) is 0.294. The maximum Gasteiger partial charge on any atom is 0.312 e. The van der Waals surface area contributed by atoms with Gasteiger partial charge in [-0.05, 0) is 48.4 Å². The highest BCUT2D eigenvalue weighted by Gasteiger charge is 2.47. The fourth-order valence-corrected chi connectivity index (χ4v) is 3.87. The lowest BCUT2D eigenvalue weighted by Crippen LogP contribution is -2.45. The Bertz CT molecular complexity index is 880. The summed E-state index contributed by atoms with van der Waals surface area (Å²) in [6.45, 7) is 2.98. The lowest BCUT2D eigenvalue weighted by atomic mass is 10.0. The van der Waals surface area contributed by atoms with Gasteiger partial charge >= 0.3 is 5.00 Å². The van der Waals surface area contributed by atoms with Crippen molar-refractivity contribution in [3.63, 3.8) is 0 Å². The van der Waals surface area contributed by atoms with E-state index in [2.05, 4.69) is 4.72 Å². The Morgan fingerprint density at radius 1 is 1.15 bits per heavy atom. The summed E-state index contributed by atoms with van der Waals surface area (Å²) >= 11 is 6.11. The average Bonchev–Trinajstić information content (AvgIpc) is 2.60. The SMILES string of the molecule is COc1ccc([C@H](NS(=O)(=O)c2ccc(C)cc2)[C@](C)(Cl)[N+](=O)[O-])cc1. The zero-order chi connectivity index (χ0) is 19.5. The van der Waals surface area contributed by atoms with Gasteiger partial charge in [0.05, 0.1) is 12.0 Å². The number of alkyl halides is 1. The van der Waals surface area contributed by atoms with Crippen molar-refractivity contribution in [1.82, 2.24) is 4.72 Å². The van der Waals surface area contributed by atoms with E-state index in [1.807, 2.05) is 6.92 Å². The van der Waals surface area contributed by atoms with Gasteiger partial charge in [0.15, 0.2) is 0 Å². The lowest BCUT2D eigenvalue weighted by Gasteiger charge is -2.26. The van der Waals surface area contributed by atoms with Gasteiger partial charge in [0.2, 0.25) is 10.0 Å². The minimum absolute atomic E-state index is 0.00238. The second kappa shape index (κ2) is 7.61. The van der Waals surface area contributed by atoms with Gasteiger partial charge < -0.3 is 4.74 Å². The first-order valence-corrected chi connectivity index (χ1v) is 9.50. The molecule has 1 N–H and O–H groups in total. The largest absolute Gasteiger partial charge is 0.497 e. The van der Waals surface area contributed by atoms with Crippen LogP contribution in [0.15, 0.2) is 53.4 Å². The normalized spacial score (nSPS) is 15.1. The molecule has 2 atom stereocenters. The molecular formula is C17H19ClN2O5S. The molecule has 9 heteroatoms. The van der Waals surface area contributed by atoms with Crippen LogP contribution in [0.3, 0.4) is 0 Å². The molecule has 0 saturated carbocycles. The van der Waals surface area contributed by atoms with Crippen molar-refractivity contribution < 1.29 is 18.1 Å². The number of halogens is 1. The summed E-state index contributed by atoms with van der Waals surface area (Å²) in [5.41, 5.74) is 1.24. The van der Waals surface area contributed by atoms with Crippen molar-refractivity contribution in [1.29, 1.82) is 0 Å². The predicted molar refractivity (Wildman–Crippen MR) is 98.5 cm³/mol. The first kappa shape index (κ1) is 20.2. The molecule has 2 rings (SSSR count). The second-order valence-corrected chi connectivity index (χ2v) is 8.40. The monoisotopic (exact) mass is 398 g/mol. The molecule has 0 aliphatic heterocycles. The fourth-order valence-electron chi connectivity index (χ4n) is 2.32. The number of nitro groups is 1. The molecule has 7 nitrogen and oxygen atoms in total. The van der Waals surface area contributed by atoms with Crippen LogP contribution in [0, 0.1) is 17.0 Å². The highest BCUT2D eigenvalue weighted by Crippen LogP contribution is 2.34. The highest BCUT2D eigenvalue weighted by atomic mass is 35.5. The highest BCUT2D eigenvalue weighted by molar-refractivity contribution is 7.89. The predicted octanol–water partition coefficient (Wildman–Crippen LogP) is 3.25. The molecule has 0 spiro atoms. The molecule has 0 aromatic heterocycles. The van der Waals surface area contributed by atoms with Crippen LogP contribution in [0.1, 0.15) is 24.1 Å². The number of ether oxygens (including phenoxy) is 1. The van der Waals surface area contributed by atoms with Crippen molar-refractivity contribution in [2.45, 2.75) is 29.8 Å². The minimum atomic E-state index is -4.03. The van der Waals surface area contributed by atoms with E-state index < -0.39 is 26.0 Å². The van der Waals surface area contributed by atoms with Gasteiger partial charge in [-0.15, -0.1) is 0 Å². The third kappa shape index (κ3) is 4.32. The maximum absolute atomic E-state index is 12.7. The van der Waals surface area contributed by atoms with Crippen molar-refractivity contribution in [3.8, 4) is 5.75 Å². The average molecular weight is 399 g/mol. The second-order valence-electron chi connectivity index (χ2n) is 5.92. The quantitative estimate of drug-likeness (QED) is 0.334. The van der Waals surface area contributed by atoms with Crippen LogP contribution >= 0.6 is 11.6 Å². The van der Waals surface area contributed by atoms with Gasteiger partial charge in [0, 0.05) is 11.8 Å². The molecule has 2 aromatic carbocycles. The first-order chi connectivity index (χ1) is 12.1. The standard InChI is InChI=1S/C17H19ClN2O5S/c1-12-4-10-15(11-5-12)26(23,24)19-16(17(2,18)20(21)22)13-6-8-14(25-3)9-7-13/h4-11,16,19H,1-3H3/t16-,17+/m0/s1. The summed E-state index contributed by atoms with van der Waals surface area (Å²) in [7, 11) is -2.55. The van der Waals surface area contributed by atoms with E-state index in [0.29, 0.717) is 11.3 Å². The molecule has 0 heterocycles. The third-order valence-corrected chi connectivity index (χ3v) is 5.73. The van der Waals surface area contributed by atoms with Crippen LogP contribution in [0.2, 0.25) is 0 Å². The summed E-state index contributed by atoms with van der Waals surface area (Å²) in [6, 6.07) is 11.1. The molecule has 140 valence electrons. The summed E-state index contributed by atoms with van der Waals surface area (Å²) < 4.78 is 32.8. The lowest BCUT2D eigenvalue weighted by molar-refractivity contribution is -0.542. The molecule has 26 heavy (non-hydrogen) atoms. The first-order valence-electron chi connectivity index (χ1n) is 7.64. The molecule has 0 saturated heterocycles. The molecule has 0 radical (unpaired) electrons. The van der Waals surface area contributed by atoms with Gasteiger partial charge in [-0.25, -0.2) is 8.42 Å². The van der Waals surface area contributed by atoms with Crippen LogP contribution in [0.4, 0.5) is 0 Å². The van der Waals surface area contributed by atoms with Gasteiger partial charge in [0.1, 0.15) is 11.8 Å². The van der Waals surface area contributed by atoms with E-state index in [4.69, 9.17) is 16.3 Å². The number of sulfonamides is 1. The van der Waals surface area contributed by atoms with E-state index in [0.717, 1.165) is 12.5 Å². The molecule has 0 aliphatic carbocycles. The van der Waals surface area contributed by atoms with Crippen molar-refractivity contribution in [3.05, 3.63) is 69.8 Å². The summed E-state index contributed by atoms with van der Waals surface area (Å²) in [5, 5.41) is 11.4. The van der Waals surface area contributed by atoms with E-state index in [9.17, 15) is 18.5 Å². The Morgan fingerprint density at radius 3 is 2.15 bits per heavy atom. The molecule has 0 fully saturated rings. The molecule has 0 bridgehead atoms. The number of hydrogen-bond donors (Lipinski definition) is 1. The topological polar surface area (TPSA) is 98.5 Å². The van der Waals surface area contributed by atoms with E-state index in [1.54, 1.807) is 24.3 Å². The summed E-state index contributed by atoms with van der Waals surface area (Å²) in [4.78, 5) is 8.63. The zero-order valence-electron chi connectivity index (χ0n) is 14.5. The van der Waals surface area contributed by atoms with Crippen LogP contribution < -0.4 is 9.46 Å². The number of benzene rings is 2. The molecule has 0 unspecified atom stereocenters. The number of methoxy groups -OCH3 is 1. The van der Waals surface area contributed by atoms with E-state index in [-0.39, 0.29) is 4.90 Å². The molecule has 2 aromatic rings. The van der Waals surface area contributed by atoms with Crippen molar-refractivity contribution >= 4 is 21.6 Å². The zero-order valence-corrected chi connectivity index (χ0v) is 16.0. The van der Waals surface area contributed by atoms with Crippen molar-refractivity contribution in [2.75, 3.05) is 7.11 Å². The van der Waals surface area contributed by atoms with Crippen LogP contribution in [0.5, 0.6) is 5.75 Å². The number of aryl methyl sites for hydroxylation is 1. The Hall–Kier alpha value is -2.16. The Morgan fingerprint density at radius 2 is 1.69 bits per heavy atom. The molecular weight excluding hydrogens is 380 g/mol. The van der Waals surface area contributed by atoms with E-state index >= 15 is 0 Å². The summed E-state index contributed by atoms with van der Waals surface area (Å²) in [5.74, 6) is 0.534. The Kier molecular flexibility index (Phi) is 5.90. The minimum Gasteiger partial charge on any atom is -0.497 e. The smallest absolute Gasteiger partial charge is 0.312 e. The number of hydrogen-bond acceptors (Lipinski definition) is 5. The van der Waals surface area contributed by atoms with Gasteiger partial charge in [-0.2, -0.15) is 4.72 Å². The van der Waals surface area contributed by atoms with Crippen LogP contribution in [-0.2, 0) is 10.0 Å². The van der Waals surface area contributed by atoms with E-state index in [1.165, 1.54) is 31.4 Å². The third-order valence-electron chi connectivity index (χ3n) is 3.94. The van der Waals surface area contributed by atoms with Gasteiger partial charge in [-0.3, -0.25) is 10.1 Å². The maximum atomic E-state index is 12.7. The van der Waals surface area contributed by atoms with Crippen LogP contribution in [0.25, 0.3) is 0 Å². The number of nitrogens with one attached hydrogen (secondary N) is 1.